The molecule has 2 aromatic carbocycles. The highest BCUT2D eigenvalue weighted by molar-refractivity contribution is 14.1. The Labute approximate surface area is 215 Å². The fraction of sp³-hybridized carbons (Fsp3) is 0.500. The Balaban J connectivity index is 1.18. The zero-order chi connectivity index (χ0) is 23.8. The summed E-state index contributed by atoms with van der Waals surface area (Å²) in [5.74, 6) is 0.0704. The number of alkyl carbamates (subject to hydrolysis) is 1. The van der Waals surface area contributed by atoms with Gasteiger partial charge in [0.2, 0.25) is 0 Å². The van der Waals surface area contributed by atoms with E-state index in [0.717, 1.165) is 11.0 Å². The van der Waals surface area contributed by atoms with E-state index >= 15 is 0 Å². The molecule has 0 bridgehead atoms. The highest BCUT2D eigenvalue weighted by atomic mass is 127. The molecular formula is C26H34INO6. The third-order valence-electron chi connectivity index (χ3n) is 5.42. The molecule has 34 heavy (non-hydrogen) atoms. The quantitative estimate of drug-likeness (QED) is 0.169. The lowest BCUT2D eigenvalue weighted by molar-refractivity contribution is -0.000272. The summed E-state index contributed by atoms with van der Waals surface area (Å²) < 4.78 is 28.2. The van der Waals surface area contributed by atoms with Crippen molar-refractivity contribution in [2.75, 3.05) is 70.4 Å². The van der Waals surface area contributed by atoms with Crippen LogP contribution >= 0.6 is 22.6 Å². The minimum absolute atomic E-state index is 0.0704. The molecule has 3 rings (SSSR count). The third kappa shape index (κ3) is 8.81. The molecule has 2 aromatic rings. The van der Waals surface area contributed by atoms with E-state index in [4.69, 9.17) is 23.7 Å². The van der Waals surface area contributed by atoms with Crippen LogP contribution in [0.4, 0.5) is 4.79 Å². The number of hydrogen-bond acceptors (Lipinski definition) is 6. The molecule has 0 saturated carbocycles. The van der Waals surface area contributed by atoms with Gasteiger partial charge in [-0.1, -0.05) is 71.1 Å². The summed E-state index contributed by atoms with van der Waals surface area (Å²) >= 11 is 2.28. The largest absolute Gasteiger partial charge is 0.449 e. The van der Waals surface area contributed by atoms with Crippen molar-refractivity contribution in [2.24, 2.45) is 0 Å². The molecule has 0 spiro atoms. The molecule has 0 aromatic heterocycles. The third-order valence-corrected chi connectivity index (χ3v) is 5.86. The second kappa shape index (κ2) is 16.0. The summed E-state index contributed by atoms with van der Waals surface area (Å²) in [6, 6.07) is 16.6. The van der Waals surface area contributed by atoms with E-state index in [1.54, 1.807) is 0 Å². The number of amides is 1. The second-order valence-corrected chi connectivity index (χ2v) is 8.82. The van der Waals surface area contributed by atoms with Gasteiger partial charge in [0.1, 0.15) is 6.61 Å². The van der Waals surface area contributed by atoms with Gasteiger partial charge in [0.25, 0.3) is 0 Å². The minimum Gasteiger partial charge on any atom is -0.449 e. The summed E-state index contributed by atoms with van der Waals surface area (Å²) in [6.07, 6.45) is 0.315. The van der Waals surface area contributed by atoms with E-state index in [1.807, 2.05) is 24.3 Å². The average molecular weight is 583 g/mol. The molecule has 0 saturated heterocycles. The van der Waals surface area contributed by atoms with Crippen LogP contribution in [0.1, 0.15) is 23.5 Å². The smallest absolute Gasteiger partial charge is 0.407 e. The molecule has 0 fully saturated rings. The molecule has 0 unspecified atom stereocenters. The van der Waals surface area contributed by atoms with Gasteiger partial charge in [0.15, 0.2) is 0 Å². The summed E-state index contributed by atoms with van der Waals surface area (Å²) in [7, 11) is 0. The zero-order valence-corrected chi connectivity index (χ0v) is 21.7. The van der Waals surface area contributed by atoms with Gasteiger partial charge in [-0.05, 0) is 28.7 Å². The number of ether oxygens (including phenoxy) is 5. The predicted octanol–water partition coefficient (Wildman–Crippen LogP) is 4.42. The first-order valence-electron chi connectivity index (χ1n) is 11.8. The Hall–Kier alpha value is -1.72. The van der Waals surface area contributed by atoms with E-state index in [-0.39, 0.29) is 5.92 Å². The van der Waals surface area contributed by atoms with Gasteiger partial charge in [0.05, 0.1) is 46.2 Å². The molecule has 1 aliphatic carbocycles. The summed E-state index contributed by atoms with van der Waals surface area (Å²) in [5.41, 5.74) is 4.86. The highest BCUT2D eigenvalue weighted by Crippen LogP contribution is 2.44. The van der Waals surface area contributed by atoms with Crippen LogP contribution in [0, 0.1) is 0 Å². The van der Waals surface area contributed by atoms with Crippen LogP contribution in [0.2, 0.25) is 0 Å². The normalized spacial score (nSPS) is 12.4. The van der Waals surface area contributed by atoms with E-state index in [2.05, 4.69) is 52.2 Å². The number of nitrogens with one attached hydrogen (secondary N) is 1. The number of hydrogen-bond donors (Lipinski definition) is 1. The van der Waals surface area contributed by atoms with Crippen LogP contribution in [0.3, 0.4) is 0 Å². The molecule has 186 valence electrons. The topological polar surface area (TPSA) is 75.3 Å². The Bertz CT molecular complexity index is 819. The maximum Gasteiger partial charge on any atom is 0.407 e. The molecule has 1 aliphatic rings. The lowest BCUT2D eigenvalue weighted by Crippen LogP contribution is -2.27. The monoisotopic (exact) mass is 583 g/mol. The van der Waals surface area contributed by atoms with Crippen molar-refractivity contribution >= 4 is 28.7 Å². The summed E-state index contributed by atoms with van der Waals surface area (Å²) in [4.78, 5) is 12.1. The molecule has 0 radical (unpaired) electrons. The van der Waals surface area contributed by atoms with Crippen LogP contribution in [0.25, 0.3) is 11.1 Å². The van der Waals surface area contributed by atoms with Crippen molar-refractivity contribution in [1.82, 2.24) is 5.32 Å². The van der Waals surface area contributed by atoms with E-state index in [0.29, 0.717) is 65.8 Å². The highest BCUT2D eigenvalue weighted by Gasteiger charge is 2.28. The van der Waals surface area contributed by atoms with Crippen molar-refractivity contribution in [3.05, 3.63) is 59.7 Å². The van der Waals surface area contributed by atoms with Crippen molar-refractivity contribution in [1.29, 1.82) is 0 Å². The fourth-order valence-corrected chi connectivity index (χ4v) is 4.14. The Morgan fingerprint density at radius 2 is 1.24 bits per heavy atom. The molecule has 0 aliphatic heterocycles. The fourth-order valence-electron chi connectivity index (χ4n) is 3.83. The van der Waals surface area contributed by atoms with Gasteiger partial charge in [0, 0.05) is 23.5 Å². The SMILES string of the molecule is O=C(NCCCOCCOCCOCCOCCI)OCC1c2ccccc2-c2ccccc21. The van der Waals surface area contributed by atoms with Gasteiger partial charge in [-0.2, -0.15) is 0 Å². The first-order valence-corrected chi connectivity index (χ1v) is 13.3. The molecule has 0 atom stereocenters. The van der Waals surface area contributed by atoms with Gasteiger partial charge in [-0.25, -0.2) is 4.79 Å². The maximum absolute atomic E-state index is 12.1. The number of halogens is 1. The molecule has 1 amide bonds. The van der Waals surface area contributed by atoms with Crippen molar-refractivity contribution < 1.29 is 28.5 Å². The van der Waals surface area contributed by atoms with Crippen LogP contribution < -0.4 is 5.32 Å². The van der Waals surface area contributed by atoms with Gasteiger partial charge in [-0.3, -0.25) is 0 Å². The number of carbonyl (C=O) groups excluding carboxylic acids is 1. The van der Waals surface area contributed by atoms with E-state index in [9.17, 15) is 4.79 Å². The van der Waals surface area contributed by atoms with Crippen LogP contribution in [0.15, 0.2) is 48.5 Å². The average Bonchev–Trinajstić information content (AvgIpc) is 3.19. The lowest BCUT2D eigenvalue weighted by Gasteiger charge is -2.14. The minimum atomic E-state index is -0.398. The van der Waals surface area contributed by atoms with Gasteiger partial charge in [-0.15, -0.1) is 0 Å². The van der Waals surface area contributed by atoms with Crippen LogP contribution in [-0.4, -0.2) is 76.5 Å². The summed E-state index contributed by atoms with van der Waals surface area (Å²) in [5, 5.41) is 2.80. The van der Waals surface area contributed by atoms with E-state index in [1.165, 1.54) is 22.3 Å². The van der Waals surface area contributed by atoms with Crippen LogP contribution in [0.5, 0.6) is 0 Å². The lowest BCUT2D eigenvalue weighted by atomic mass is 9.98. The Morgan fingerprint density at radius 3 is 1.79 bits per heavy atom. The second-order valence-electron chi connectivity index (χ2n) is 7.74. The summed E-state index contributed by atoms with van der Waals surface area (Å²) in [6.45, 7) is 5.49. The Morgan fingerprint density at radius 1 is 0.735 bits per heavy atom. The standard InChI is InChI=1S/C26H34INO6/c27-10-13-31-15-17-33-19-18-32-16-14-30-12-5-11-28-26(29)34-20-25-23-8-3-1-6-21(23)22-7-2-4-9-24(22)25/h1-4,6-9,25H,5,10-20H2,(H,28,29). The van der Waals surface area contributed by atoms with Crippen LogP contribution in [-0.2, 0) is 23.7 Å². The number of carbonyl (C=O) groups is 1. The molecule has 0 heterocycles. The Kier molecular flexibility index (Phi) is 12.7. The van der Waals surface area contributed by atoms with Gasteiger partial charge < -0.3 is 29.0 Å². The zero-order valence-electron chi connectivity index (χ0n) is 19.5. The van der Waals surface area contributed by atoms with Crippen molar-refractivity contribution in [2.45, 2.75) is 12.3 Å². The van der Waals surface area contributed by atoms with E-state index < -0.39 is 6.09 Å². The first-order chi connectivity index (χ1) is 16.8. The van der Waals surface area contributed by atoms with Crippen molar-refractivity contribution in [3.8, 4) is 11.1 Å². The number of alkyl halides is 1. The molecular weight excluding hydrogens is 549 g/mol. The molecule has 1 N–H and O–H groups in total. The number of benzene rings is 2. The molecule has 8 heteroatoms. The van der Waals surface area contributed by atoms with Crippen molar-refractivity contribution in [3.63, 3.8) is 0 Å². The van der Waals surface area contributed by atoms with Gasteiger partial charge >= 0.3 is 6.09 Å². The first kappa shape index (κ1) is 26.9. The number of rotatable bonds is 17. The predicted molar refractivity (Wildman–Crippen MR) is 140 cm³/mol. The number of fused-ring (bicyclic) bond motifs is 3. The molecule has 7 nitrogen and oxygen atoms in total. The maximum atomic E-state index is 12.1.